The van der Waals surface area contributed by atoms with E-state index in [2.05, 4.69) is 25.4 Å². The van der Waals surface area contributed by atoms with Crippen molar-refractivity contribution in [3.63, 3.8) is 0 Å². The monoisotopic (exact) mass is 305 g/mol. The number of rotatable bonds is 5. The fourth-order valence-corrected chi connectivity index (χ4v) is 2.06. The van der Waals surface area contributed by atoms with E-state index >= 15 is 0 Å². The molecule has 0 aliphatic heterocycles. The summed E-state index contributed by atoms with van der Waals surface area (Å²) in [5.74, 6) is 1.16. The summed E-state index contributed by atoms with van der Waals surface area (Å²) in [5.41, 5.74) is 0.615. The van der Waals surface area contributed by atoms with Crippen LogP contribution in [0, 0.1) is 13.8 Å². The number of carbonyl (C=O) groups excluding carboxylic acids is 1. The zero-order valence-electron chi connectivity index (χ0n) is 13.1. The maximum atomic E-state index is 12.1. The first-order valence-electron chi connectivity index (χ1n) is 7.09. The molecule has 8 heteroatoms. The van der Waals surface area contributed by atoms with E-state index in [1.165, 1.54) is 0 Å². The van der Waals surface area contributed by atoms with Gasteiger partial charge in [0.1, 0.15) is 11.9 Å². The molecular weight excluding hydrogens is 286 g/mol. The normalized spacial score (nSPS) is 12.2. The molecule has 2 aromatic rings. The SMILES string of the molecule is CCc1noc([C@@H](C)NC(=O)Cc2c(C)nc(C)[nH]c2=O)n1. The third kappa shape index (κ3) is 3.57. The van der Waals surface area contributed by atoms with E-state index < -0.39 is 6.04 Å². The number of aromatic amines is 1. The van der Waals surface area contributed by atoms with Gasteiger partial charge in [0.05, 0.1) is 6.42 Å². The third-order valence-corrected chi connectivity index (χ3v) is 3.23. The molecule has 2 heterocycles. The molecule has 22 heavy (non-hydrogen) atoms. The Morgan fingerprint density at radius 2 is 2.09 bits per heavy atom. The highest BCUT2D eigenvalue weighted by atomic mass is 16.5. The quantitative estimate of drug-likeness (QED) is 0.842. The molecule has 0 radical (unpaired) electrons. The van der Waals surface area contributed by atoms with Crippen molar-refractivity contribution in [3.05, 3.63) is 39.2 Å². The molecule has 0 unspecified atom stereocenters. The smallest absolute Gasteiger partial charge is 0.254 e. The predicted molar refractivity (Wildman–Crippen MR) is 78.3 cm³/mol. The maximum Gasteiger partial charge on any atom is 0.254 e. The summed E-state index contributed by atoms with van der Waals surface area (Å²) in [4.78, 5) is 34.9. The van der Waals surface area contributed by atoms with Gasteiger partial charge in [-0.25, -0.2) is 4.98 Å². The van der Waals surface area contributed by atoms with Crippen LogP contribution in [-0.4, -0.2) is 26.0 Å². The summed E-state index contributed by atoms with van der Waals surface area (Å²) in [6.07, 6.45) is 0.612. The molecule has 0 fully saturated rings. The van der Waals surface area contributed by atoms with E-state index in [1.54, 1.807) is 20.8 Å². The molecule has 0 spiro atoms. The average molecular weight is 305 g/mol. The van der Waals surface area contributed by atoms with Crippen LogP contribution in [0.15, 0.2) is 9.32 Å². The van der Waals surface area contributed by atoms with Crippen LogP contribution in [-0.2, 0) is 17.6 Å². The van der Waals surface area contributed by atoms with Crippen molar-refractivity contribution in [2.45, 2.75) is 46.6 Å². The van der Waals surface area contributed by atoms with E-state index in [9.17, 15) is 9.59 Å². The minimum Gasteiger partial charge on any atom is -0.344 e. The molecule has 0 aliphatic carbocycles. The van der Waals surface area contributed by atoms with Gasteiger partial charge >= 0.3 is 0 Å². The molecule has 0 saturated heterocycles. The van der Waals surface area contributed by atoms with Crippen molar-refractivity contribution in [2.24, 2.45) is 0 Å². The first-order valence-corrected chi connectivity index (χ1v) is 7.09. The van der Waals surface area contributed by atoms with Crippen molar-refractivity contribution in [1.29, 1.82) is 0 Å². The molecule has 0 aromatic carbocycles. The van der Waals surface area contributed by atoms with Crippen LogP contribution in [0.2, 0.25) is 0 Å². The minimum atomic E-state index is -0.418. The number of nitrogens with one attached hydrogen (secondary N) is 2. The molecule has 1 amide bonds. The highest BCUT2D eigenvalue weighted by Gasteiger charge is 2.18. The second-order valence-electron chi connectivity index (χ2n) is 5.08. The lowest BCUT2D eigenvalue weighted by molar-refractivity contribution is -0.121. The lowest BCUT2D eigenvalue weighted by Gasteiger charge is -2.10. The lowest BCUT2D eigenvalue weighted by Crippen LogP contribution is -2.31. The Hall–Kier alpha value is -2.51. The molecule has 0 aliphatic rings. The van der Waals surface area contributed by atoms with Crippen molar-refractivity contribution in [3.8, 4) is 0 Å². The van der Waals surface area contributed by atoms with Crippen molar-refractivity contribution in [2.75, 3.05) is 0 Å². The van der Waals surface area contributed by atoms with Crippen molar-refractivity contribution < 1.29 is 9.32 Å². The lowest BCUT2D eigenvalue weighted by atomic mass is 10.1. The van der Waals surface area contributed by atoms with Gasteiger partial charge in [-0.3, -0.25) is 9.59 Å². The van der Waals surface area contributed by atoms with Crippen LogP contribution < -0.4 is 10.9 Å². The van der Waals surface area contributed by atoms with Crippen LogP contribution in [0.25, 0.3) is 0 Å². The van der Waals surface area contributed by atoms with E-state index in [0.29, 0.717) is 35.2 Å². The molecule has 1 atom stereocenters. The topological polar surface area (TPSA) is 114 Å². The highest BCUT2D eigenvalue weighted by molar-refractivity contribution is 5.79. The molecule has 8 nitrogen and oxygen atoms in total. The second-order valence-corrected chi connectivity index (χ2v) is 5.08. The number of H-pyrrole nitrogens is 1. The third-order valence-electron chi connectivity index (χ3n) is 3.23. The van der Waals surface area contributed by atoms with Crippen LogP contribution in [0.5, 0.6) is 0 Å². The largest absolute Gasteiger partial charge is 0.344 e. The van der Waals surface area contributed by atoms with Gasteiger partial charge in [-0.2, -0.15) is 4.98 Å². The van der Waals surface area contributed by atoms with Gasteiger partial charge in [0.2, 0.25) is 11.8 Å². The fourth-order valence-electron chi connectivity index (χ4n) is 2.06. The Balaban J connectivity index is 2.05. The maximum absolute atomic E-state index is 12.1. The molecule has 2 rings (SSSR count). The Bertz CT molecular complexity index is 734. The number of hydrogen-bond acceptors (Lipinski definition) is 6. The number of amides is 1. The van der Waals surface area contributed by atoms with Gasteiger partial charge in [0.15, 0.2) is 5.82 Å². The first-order chi connectivity index (χ1) is 10.4. The number of carbonyl (C=O) groups is 1. The van der Waals surface area contributed by atoms with Gasteiger partial charge in [-0.15, -0.1) is 0 Å². The summed E-state index contributed by atoms with van der Waals surface area (Å²) in [6, 6.07) is -0.418. The molecule has 0 bridgehead atoms. The number of aromatic nitrogens is 4. The fraction of sp³-hybridized carbons (Fsp3) is 0.500. The van der Waals surface area contributed by atoms with Gasteiger partial charge in [-0.1, -0.05) is 12.1 Å². The Morgan fingerprint density at radius 1 is 1.36 bits per heavy atom. The molecular formula is C14H19N5O3. The average Bonchev–Trinajstić information content (AvgIpc) is 2.91. The highest BCUT2D eigenvalue weighted by Crippen LogP contribution is 2.10. The number of nitrogens with zero attached hydrogens (tertiary/aromatic N) is 3. The zero-order chi connectivity index (χ0) is 16.3. The molecule has 2 N–H and O–H groups in total. The molecule has 2 aromatic heterocycles. The number of aryl methyl sites for hydroxylation is 3. The van der Waals surface area contributed by atoms with Gasteiger partial charge in [0.25, 0.3) is 5.56 Å². The van der Waals surface area contributed by atoms with E-state index in [-0.39, 0.29) is 17.9 Å². The van der Waals surface area contributed by atoms with Crippen LogP contribution in [0.1, 0.15) is 48.7 Å². The Labute approximate surface area is 127 Å². The van der Waals surface area contributed by atoms with Gasteiger partial charge in [-0.05, 0) is 20.8 Å². The second kappa shape index (κ2) is 6.50. The Morgan fingerprint density at radius 3 is 2.68 bits per heavy atom. The molecule has 118 valence electrons. The van der Waals surface area contributed by atoms with Crippen LogP contribution >= 0.6 is 0 Å². The van der Waals surface area contributed by atoms with E-state index in [1.807, 2.05) is 6.92 Å². The summed E-state index contributed by atoms with van der Waals surface area (Å²) in [7, 11) is 0. The van der Waals surface area contributed by atoms with Gasteiger partial charge in [0, 0.05) is 17.7 Å². The van der Waals surface area contributed by atoms with E-state index in [4.69, 9.17) is 4.52 Å². The predicted octanol–water partition coefficient (Wildman–Crippen LogP) is 0.752. The van der Waals surface area contributed by atoms with Gasteiger partial charge < -0.3 is 14.8 Å². The minimum absolute atomic E-state index is 0.0481. The summed E-state index contributed by atoms with van der Waals surface area (Å²) in [5, 5.41) is 6.52. The summed E-state index contributed by atoms with van der Waals surface area (Å²) in [6.45, 7) is 7.06. The van der Waals surface area contributed by atoms with E-state index in [0.717, 1.165) is 0 Å². The van der Waals surface area contributed by atoms with Crippen molar-refractivity contribution >= 4 is 5.91 Å². The summed E-state index contributed by atoms with van der Waals surface area (Å²) < 4.78 is 5.08. The zero-order valence-corrected chi connectivity index (χ0v) is 13.1. The molecule has 0 saturated carbocycles. The summed E-state index contributed by atoms with van der Waals surface area (Å²) >= 11 is 0. The van der Waals surface area contributed by atoms with Crippen molar-refractivity contribution in [1.82, 2.24) is 25.4 Å². The first kappa shape index (κ1) is 15.9. The standard InChI is InChI=1S/C14H19N5O3/c1-5-11-18-14(22-19-11)8(3)16-12(20)6-10-7(2)15-9(4)17-13(10)21/h8H,5-6H2,1-4H3,(H,16,20)(H,15,17,21)/t8-/m1/s1. The Kier molecular flexibility index (Phi) is 4.69. The number of hydrogen-bond donors (Lipinski definition) is 2. The van der Waals surface area contributed by atoms with Crippen LogP contribution in [0.3, 0.4) is 0 Å². The van der Waals surface area contributed by atoms with Crippen LogP contribution in [0.4, 0.5) is 0 Å².